The summed E-state index contributed by atoms with van der Waals surface area (Å²) >= 11 is 0.624. The Kier molecular flexibility index (Phi) is 2.83. The molecule has 1 unspecified atom stereocenters. The largest absolute Gasteiger partial charge is 0.493 e. The zero-order valence-electron chi connectivity index (χ0n) is 7.84. The van der Waals surface area contributed by atoms with Crippen LogP contribution in [0.25, 0.3) is 0 Å². The molecule has 1 atom stereocenters. The molecule has 4 nitrogen and oxygen atoms in total. The number of aliphatic carboxylic acids is 1. The number of hydrogen-bond acceptors (Lipinski definition) is 4. The number of benzene rings is 1. The minimum Gasteiger partial charge on any atom is -0.493 e. The van der Waals surface area contributed by atoms with E-state index < -0.39 is 11.9 Å². The average molecular weight is 226 g/mol. The minimum atomic E-state index is -0.830. The van der Waals surface area contributed by atoms with E-state index in [1.807, 2.05) is 0 Å². The topological polar surface area (TPSA) is 66.8 Å². The molecule has 0 radical (unpaired) electrons. The summed E-state index contributed by atoms with van der Waals surface area (Å²) in [5.41, 5.74) is 0.687. The molecule has 0 saturated heterocycles. The van der Waals surface area contributed by atoms with Gasteiger partial charge in [0.05, 0.1) is 12.5 Å². The van der Waals surface area contributed by atoms with Crippen LogP contribution >= 0.6 is 12.0 Å². The van der Waals surface area contributed by atoms with Crippen LogP contribution in [0.5, 0.6) is 5.75 Å². The summed E-state index contributed by atoms with van der Waals surface area (Å²) in [5, 5.41) is 9.00. The highest BCUT2D eigenvalue weighted by Gasteiger charge is 2.27. The Bertz CT molecular complexity index is 391. The van der Waals surface area contributed by atoms with Crippen LogP contribution < -0.4 is 4.74 Å². The molecule has 2 rings (SSSR count). The molecule has 0 spiro atoms. The second-order valence-corrected chi connectivity index (χ2v) is 3.97. The van der Waals surface area contributed by atoms with Gasteiger partial charge in [0.15, 0.2) is 0 Å². The molecular formula is C10H10O4S. The SMILES string of the molecule is O=C(O)C1CCOc2cc(SO)ccc21. The number of fused-ring (bicyclic) bond motifs is 1. The smallest absolute Gasteiger partial charge is 0.311 e. The summed E-state index contributed by atoms with van der Waals surface area (Å²) in [5.74, 6) is -0.761. The standard InChI is InChI=1S/C10H10O4S/c11-10(12)8-3-4-14-9-5-6(15-13)1-2-7(8)9/h1-2,5,8,13H,3-4H2,(H,11,12). The number of rotatable bonds is 2. The molecule has 0 amide bonds. The average Bonchev–Trinajstić information content (AvgIpc) is 2.27. The molecule has 0 saturated carbocycles. The number of carboxylic acids is 1. The monoisotopic (exact) mass is 226 g/mol. The van der Waals surface area contributed by atoms with Crippen LogP contribution in [0.15, 0.2) is 23.1 Å². The van der Waals surface area contributed by atoms with Crippen molar-refractivity contribution in [1.82, 2.24) is 0 Å². The summed E-state index contributed by atoms with van der Waals surface area (Å²) in [6, 6.07) is 5.05. The summed E-state index contributed by atoms with van der Waals surface area (Å²) in [4.78, 5) is 11.6. The van der Waals surface area contributed by atoms with Crippen molar-refractivity contribution in [2.24, 2.45) is 0 Å². The maximum absolute atomic E-state index is 11.0. The first-order valence-corrected chi connectivity index (χ1v) is 5.30. The molecule has 1 aromatic rings. The van der Waals surface area contributed by atoms with Crippen molar-refractivity contribution in [3.8, 4) is 5.75 Å². The predicted molar refractivity (Wildman–Crippen MR) is 55.4 cm³/mol. The number of hydrogen-bond donors (Lipinski definition) is 2. The first-order valence-electron chi connectivity index (χ1n) is 4.53. The Balaban J connectivity index is 2.40. The van der Waals surface area contributed by atoms with Gasteiger partial charge in [-0.05, 0) is 18.6 Å². The maximum Gasteiger partial charge on any atom is 0.311 e. The van der Waals surface area contributed by atoms with Gasteiger partial charge in [-0.25, -0.2) is 0 Å². The number of ether oxygens (including phenoxy) is 1. The lowest BCUT2D eigenvalue weighted by Gasteiger charge is -2.23. The van der Waals surface area contributed by atoms with Crippen molar-refractivity contribution >= 4 is 18.0 Å². The fourth-order valence-electron chi connectivity index (χ4n) is 1.68. The highest BCUT2D eigenvalue weighted by atomic mass is 32.2. The third-order valence-corrected chi connectivity index (χ3v) is 2.89. The summed E-state index contributed by atoms with van der Waals surface area (Å²) < 4.78 is 14.2. The Morgan fingerprint density at radius 1 is 1.53 bits per heavy atom. The molecule has 2 N–H and O–H groups in total. The molecule has 80 valence electrons. The molecule has 5 heteroatoms. The second kappa shape index (κ2) is 4.12. The normalized spacial score (nSPS) is 19.1. The lowest BCUT2D eigenvalue weighted by atomic mass is 9.93. The van der Waals surface area contributed by atoms with Crippen LogP contribution in [-0.4, -0.2) is 22.2 Å². The van der Waals surface area contributed by atoms with Gasteiger partial charge in [-0.2, -0.15) is 0 Å². The van der Waals surface area contributed by atoms with E-state index in [0.29, 0.717) is 41.3 Å². The van der Waals surface area contributed by atoms with Gasteiger partial charge in [0.25, 0.3) is 0 Å². The zero-order chi connectivity index (χ0) is 10.8. The van der Waals surface area contributed by atoms with Crippen molar-refractivity contribution in [2.45, 2.75) is 17.2 Å². The molecule has 0 aromatic heterocycles. The number of carbonyl (C=O) groups is 1. The lowest BCUT2D eigenvalue weighted by molar-refractivity contribution is -0.139. The van der Waals surface area contributed by atoms with Crippen molar-refractivity contribution in [2.75, 3.05) is 6.61 Å². The third-order valence-electron chi connectivity index (χ3n) is 2.43. The van der Waals surface area contributed by atoms with E-state index in [1.165, 1.54) is 0 Å². The minimum absolute atomic E-state index is 0.406. The maximum atomic E-state index is 11.0. The van der Waals surface area contributed by atoms with Crippen LogP contribution in [0.4, 0.5) is 0 Å². The van der Waals surface area contributed by atoms with Crippen LogP contribution in [0.2, 0.25) is 0 Å². The van der Waals surface area contributed by atoms with Gasteiger partial charge in [0.2, 0.25) is 0 Å². The fourth-order valence-corrected chi connectivity index (χ4v) is 1.97. The Hall–Kier alpha value is -1.20. The molecule has 15 heavy (non-hydrogen) atoms. The van der Waals surface area contributed by atoms with Crippen LogP contribution in [0.3, 0.4) is 0 Å². The van der Waals surface area contributed by atoms with Crippen molar-refractivity contribution in [3.63, 3.8) is 0 Å². The van der Waals surface area contributed by atoms with Crippen LogP contribution in [0, 0.1) is 0 Å². The highest BCUT2D eigenvalue weighted by molar-refractivity contribution is 7.93. The molecule has 0 bridgehead atoms. The van der Waals surface area contributed by atoms with Gasteiger partial charge in [0.1, 0.15) is 5.75 Å². The predicted octanol–water partition coefficient (Wildman–Crippen LogP) is 2.20. The summed E-state index contributed by atoms with van der Waals surface area (Å²) in [6.45, 7) is 0.406. The van der Waals surface area contributed by atoms with Gasteiger partial charge in [-0.15, -0.1) is 0 Å². The van der Waals surface area contributed by atoms with Crippen molar-refractivity contribution < 1.29 is 19.2 Å². The van der Waals surface area contributed by atoms with Crippen LogP contribution in [0.1, 0.15) is 17.9 Å². The molecule has 1 heterocycles. The van der Waals surface area contributed by atoms with Crippen molar-refractivity contribution in [3.05, 3.63) is 23.8 Å². The fraction of sp³-hybridized carbons (Fsp3) is 0.300. The van der Waals surface area contributed by atoms with Gasteiger partial charge in [0, 0.05) is 22.5 Å². The first kappa shape index (κ1) is 10.3. The quantitative estimate of drug-likeness (QED) is 0.757. The molecule has 1 aliphatic rings. The molecule has 1 aromatic carbocycles. The Morgan fingerprint density at radius 3 is 3.00 bits per heavy atom. The van der Waals surface area contributed by atoms with E-state index in [4.69, 9.17) is 14.4 Å². The van der Waals surface area contributed by atoms with E-state index >= 15 is 0 Å². The van der Waals surface area contributed by atoms with Crippen molar-refractivity contribution in [1.29, 1.82) is 0 Å². The molecule has 0 aliphatic carbocycles. The Morgan fingerprint density at radius 2 is 2.33 bits per heavy atom. The van der Waals surface area contributed by atoms with E-state index in [-0.39, 0.29) is 0 Å². The van der Waals surface area contributed by atoms with Crippen LogP contribution in [-0.2, 0) is 4.79 Å². The second-order valence-electron chi connectivity index (χ2n) is 3.32. The van der Waals surface area contributed by atoms with Gasteiger partial charge in [-0.1, -0.05) is 6.07 Å². The van der Waals surface area contributed by atoms with E-state index in [0.717, 1.165) is 0 Å². The van der Waals surface area contributed by atoms with E-state index in [1.54, 1.807) is 18.2 Å². The Labute approximate surface area is 91.1 Å². The van der Waals surface area contributed by atoms with Gasteiger partial charge >= 0.3 is 5.97 Å². The first-order chi connectivity index (χ1) is 7.22. The summed E-state index contributed by atoms with van der Waals surface area (Å²) in [7, 11) is 0. The molecular weight excluding hydrogens is 216 g/mol. The highest BCUT2D eigenvalue weighted by Crippen LogP contribution is 2.36. The zero-order valence-corrected chi connectivity index (χ0v) is 8.66. The van der Waals surface area contributed by atoms with Gasteiger partial charge < -0.3 is 14.4 Å². The van der Waals surface area contributed by atoms with Gasteiger partial charge in [-0.3, -0.25) is 4.79 Å². The van der Waals surface area contributed by atoms with E-state index in [9.17, 15) is 4.79 Å². The number of carboxylic acid groups (broad SMARTS) is 1. The molecule has 1 aliphatic heterocycles. The summed E-state index contributed by atoms with van der Waals surface area (Å²) in [6.07, 6.45) is 0.494. The molecule has 0 fully saturated rings. The third kappa shape index (κ3) is 1.93. The van der Waals surface area contributed by atoms with E-state index in [2.05, 4.69) is 0 Å². The lowest BCUT2D eigenvalue weighted by Crippen LogP contribution is -2.20.